The number of nitrogens with zero attached hydrogens (tertiary/aromatic N) is 6. The van der Waals surface area contributed by atoms with Crippen LogP contribution in [-0.4, -0.2) is 95.7 Å². The van der Waals surface area contributed by atoms with E-state index in [1.165, 1.54) is 4.90 Å². The molecule has 0 bridgehead atoms. The van der Waals surface area contributed by atoms with Crippen molar-refractivity contribution >= 4 is 52.2 Å². The summed E-state index contributed by atoms with van der Waals surface area (Å²) < 4.78 is 7.75. The Bertz CT molecular complexity index is 2860. The Balaban J connectivity index is 0.902. The van der Waals surface area contributed by atoms with Crippen molar-refractivity contribution in [3.05, 3.63) is 123 Å². The number of carbonyl (C=O) groups is 4. The molecule has 348 valence electrons. The van der Waals surface area contributed by atoms with Crippen molar-refractivity contribution < 1.29 is 34.1 Å². The van der Waals surface area contributed by atoms with Crippen molar-refractivity contribution in [2.45, 2.75) is 92.2 Å². The fraction of sp³-hybridized carbons (Fsp3) is 0.347. The van der Waals surface area contributed by atoms with Crippen molar-refractivity contribution in [3.63, 3.8) is 0 Å². The molecular weight excluding hydrogens is 891 g/mol. The van der Waals surface area contributed by atoms with E-state index in [0.717, 1.165) is 59.4 Å². The average Bonchev–Trinajstić information content (AvgIpc) is 4.06. The Kier molecular flexibility index (Phi) is 13.2. The minimum absolute atomic E-state index is 0.0407. The summed E-state index contributed by atoms with van der Waals surface area (Å²) in [6.45, 7) is 14.8. The lowest BCUT2D eigenvalue weighted by molar-refractivity contribution is -0.144. The molecule has 6 aromatic rings. The lowest BCUT2D eigenvalue weighted by atomic mass is 9.85. The molecule has 67 heavy (non-hydrogen) atoms. The summed E-state index contributed by atoms with van der Waals surface area (Å²) in [5.74, 6) is 0.0908. The van der Waals surface area contributed by atoms with Gasteiger partial charge < -0.3 is 30.5 Å². The number of hydrogen-bond donors (Lipinski definition) is 5. The second-order valence-electron chi connectivity index (χ2n) is 18.0. The normalized spacial score (nSPS) is 17.7. The average molecular weight is 944 g/mol. The zero-order valence-electron chi connectivity index (χ0n) is 38.4. The Morgan fingerprint density at radius 2 is 1.52 bits per heavy atom. The van der Waals surface area contributed by atoms with Crippen LogP contribution in [0.2, 0.25) is 0 Å². The highest BCUT2D eigenvalue weighted by molar-refractivity contribution is 7.15. The van der Waals surface area contributed by atoms with Gasteiger partial charge in [-0.3, -0.25) is 29.3 Å². The van der Waals surface area contributed by atoms with Crippen LogP contribution in [0, 0.1) is 33.1 Å². The summed E-state index contributed by atoms with van der Waals surface area (Å²) >= 11 is 3.15. The van der Waals surface area contributed by atoms with E-state index in [1.54, 1.807) is 34.8 Å². The van der Waals surface area contributed by atoms with E-state index in [-0.39, 0.29) is 31.5 Å². The number of carbonyl (C=O) groups excluding carboxylic acids is 3. The van der Waals surface area contributed by atoms with Gasteiger partial charge in [-0.05, 0) is 80.0 Å². The number of aromatic nitrogens is 4. The van der Waals surface area contributed by atoms with E-state index in [0.29, 0.717) is 23.1 Å². The van der Waals surface area contributed by atoms with E-state index < -0.39 is 47.7 Å². The minimum atomic E-state index is -1.23. The van der Waals surface area contributed by atoms with Gasteiger partial charge in [0.05, 0.1) is 33.9 Å². The molecule has 5 atom stereocenters. The second-order valence-corrected chi connectivity index (χ2v) is 20.1. The van der Waals surface area contributed by atoms with Crippen LogP contribution in [0.25, 0.3) is 26.6 Å². The third kappa shape index (κ3) is 9.73. The predicted octanol–water partition coefficient (Wildman–Crippen LogP) is 7.22. The third-order valence-electron chi connectivity index (χ3n) is 12.2. The van der Waals surface area contributed by atoms with Crippen molar-refractivity contribution in [2.75, 3.05) is 13.2 Å². The van der Waals surface area contributed by atoms with Crippen LogP contribution in [0.3, 0.4) is 0 Å². The van der Waals surface area contributed by atoms with E-state index >= 15 is 0 Å². The number of fused-ring (bicyclic) bond motifs is 3. The number of aliphatic hydroxyl groups is 1. The van der Waals surface area contributed by atoms with Crippen LogP contribution >= 0.6 is 22.7 Å². The van der Waals surface area contributed by atoms with Gasteiger partial charge in [0.1, 0.15) is 28.7 Å². The Labute approximate surface area is 396 Å². The summed E-state index contributed by atoms with van der Waals surface area (Å²) in [5, 5.41) is 38.2. The predicted molar refractivity (Wildman–Crippen MR) is 257 cm³/mol. The summed E-state index contributed by atoms with van der Waals surface area (Å²) in [7, 11) is 0. The van der Waals surface area contributed by atoms with Gasteiger partial charge in [0.2, 0.25) is 11.8 Å². The highest BCUT2D eigenvalue weighted by Gasteiger charge is 2.45. The van der Waals surface area contributed by atoms with E-state index in [2.05, 4.69) is 31.1 Å². The van der Waals surface area contributed by atoms with Gasteiger partial charge in [-0.25, -0.2) is 9.78 Å². The summed E-state index contributed by atoms with van der Waals surface area (Å²) in [6.07, 6.45) is -3.03. The number of benzene rings is 3. The zero-order valence-corrected chi connectivity index (χ0v) is 40.1. The number of ether oxygens (including phenoxy) is 1. The molecule has 0 saturated carbocycles. The fourth-order valence-electron chi connectivity index (χ4n) is 8.47. The first-order valence-corrected chi connectivity index (χ1v) is 23.6. The van der Waals surface area contributed by atoms with Crippen molar-refractivity contribution in [3.8, 4) is 32.3 Å². The molecule has 3 aromatic heterocycles. The Morgan fingerprint density at radius 3 is 2.15 bits per heavy atom. The minimum Gasteiger partial charge on any atom is -0.484 e. The number of amides is 4. The summed E-state index contributed by atoms with van der Waals surface area (Å²) in [5.41, 5.74) is 9.12. The molecule has 2 aliphatic rings. The molecule has 18 heteroatoms. The van der Waals surface area contributed by atoms with Gasteiger partial charge in [-0.2, -0.15) is 0 Å². The number of carboxylic acid groups (broad SMARTS) is 1. The number of thiophene rings is 1. The largest absolute Gasteiger partial charge is 0.484 e. The highest BCUT2D eigenvalue weighted by Crippen LogP contribution is 2.39. The van der Waals surface area contributed by atoms with Gasteiger partial charge in [0.15, 0.2) is 18.6 Å². The van der Waals surface area contributed by atoms with Crippen LogP contribution < -0.4 is 20.7 Å². The van der Waals surface area contributed by atoms with E-state index in [9.17, 15) is 29.4 Å². The first-order chi connectivity index (χ1) is 31.9. The van der Waals surface area contributed by atoms with Gasteiger partial charge in [0.25, 0.3) is 5.91 Å². The fourth-order valence-corrected chi connectivity index (χ4v) is 10.5. The topological polar surface area (TPSA) is 213 Å². The first kappa shape index (κ1) is 46.8. The molecule has 5 N–H and O–H groups in total. The number of thiazole rings is 1. The lowest BCUT2D eigenvalue weighted by Crippen LogP contribution is -2.58. The number of aliphatic imine (C=N–C) groups is 1. The molecule has 5 heterocycles. The molecule has 1 fully saturated rings. The summed E-state index contributed by atoms with van der Waals surface area (Å²) in [4.78, 5) is 66.0. The van der Waals surface area contributed by atoms with E-state index in [4.69, 9.17) is 9.73 Å². The third-order valence-corrected chi connectivity index (χ3v) is 14.4. The van der Waals surface area contributed by atoms with E-state index in [1.807, 2.05) is 126 Å². The molecule has 2 unspecified atom stereocenters. The van der Waals surface area contributed by atoms with Crippen LogP contribution in [0.15, 0.2) is 83.3 Å². The SMILES string of the molecule is Cc1ncsc1-c1ccc(C(C)NC(=O)[C@@H]2C[C@@H](O)CN2C(=O)C(NC(=O)COc2ccc(-c3ccc(C4=N[C@@H](NC(=O)O)c5nnc(C)n5-c5sc(C)c(C)c54)cc3)cc2)C(C)(C)C)cc1. The number of aryl methyl sites for hydroxylation is 3. The number of rotatable bonds is 12. The molecular formula is C49H53N9O7S2. The Hall–Kier alpha value is -6.76. The van der Waals surface area contributed by atoms with Gasteiger partial charge >= 0.3 is 6.09 Å². The number of nitrogens with one attached hydrogen (secondary N) is 3. The Morgan fingerprint density at radius 1 is 0.881 bits per heavy atom. The quantitative estimate of drug-likeness (QED) is 0.0831. The standard InChI is InChI=1S/C49H53N9O7S2/c1-25-28(4)67-47-39(25)40(53-43(54-48(63)64)44-56-55-29(5)58(44)47)33-13-11-31(12-14-33)32-17-19-36(20-18-32)65-23-38(60)52-42(49(6,7)8)46(62)57-22-35(59)21-37(57)45(61)51-26(2)30-9-15-34(16-10-30)41-27(3)50-24-66-41/h9-20,24,26,35,37,42-43,54,59H,21-23H2,1-8H3,(H,51,61)(H,52,60)(H,63,64)/t26?,35-,37+,42?,43+/m1/s1. The maximum Gasteiger partial charge on any atom is 0.406 e. The summed E-state index contributed by atoms with van der Waals surface area (Å²) in [6, 6.07) is 20.7. The molecule has 1 saturated heterocycles. The molecule has 0 spiro atoms. The van der Waals surface area contributed by atoms with Crippen molar-refractivity contribution in [1.82, 2.24) is 40.6 Å². The maximum atomic E-state index is 14.2. The number of likely N-dealkylation sites (tertiary alicyclic amines) is 1. The van der Waals surface area contributed by atoms with Crippen LogP contribution in [0.5, 0.6) is 5.75 Å². The van der Waals surface area contributed by atoms with Crippen molar-refractivity contribution in [1.29, 1.82) is 0 Å². The number of hydrogen-bond acceptors (Lipinski definition) is 12. The monoisotopic (exact) mass is 943 g/mol. The van der Waals surface area contributed by atoms with Gasteiger partial charge in [-0.1, -0.05) is 81.4 Å². The van der Waals surface area contributed by atoms with Crippen LogP contribution in [0.1, 0.15) is 90.8 Å². The first-order valence-electron chi connectivity index (χ1n) is 21.9. The molecule has 3 aromatic carbocycles. The maximum absolute atomic E-state index is 14.2. The van der Waals surface area contributed by atoms with Crippen molar-refractivity contribution in [2.24, 2.45) is 10.4 Å². The highest BCUT2D eigenvalue weighted by atomic mass is 32.1. The van der Waals surface area contributed by atoms with Gasteiger partial charge in [0, 0.05) is 29.0 Å². The van der Waals surface area contributed by atoms with Crippen LogP contribution in [-0.2, 0) is 14.4 Å². The second kappa shape index (κ2) is 18.9. The molecule has 8 rings (SSSR count). The number of β-amino-alcohol motifs (C(OH)–C–C–N with tert-alkyl or cyclic N) is 1. The smallest absolute Gasteiger partial charge is 0.406 e. The number of aliphatic hydroxyl groups excluding tert-OH is 1. The molecule has 0 radical (unpaired) electrons. The molecule has 0 aliphatic carbocycles. The molecule has 2 aliphatic heterocycles. The zero-order chi connectivity index (χ0) is 47.9. The van der Waals surface area contributed by atoms with Gasteiger partial charge in [-0.15, -0.1) is 32.9 Å². The molecule has 16 nitrogen and oxygen atoms in total. The molecule has 4 amide bonds. The van der Waals surface area contributed by atoms with Crippen LogP contribution in [0.4, 0.5) is 4.79 Å². The lowest BCUT2D eigenvalue weighted by Gasteiger charge is -2.35.